The van der Waals surface area contributed by atoms with E-state index in [-0.39, 0.29) is 0 Å². The maximum Gasteiger partial charge on any atom is 0.0827 e. The second-order valence-electron chi connectivity index (χ2n) is 5.18. The van der Waals surface area contributed by atoms with Crippen LogP contribution in [-0.4, -0.2) is 21.5 Å². The second-order valence-corrected chi connectivity index (χ2v) is 5.18. The van der Waals surface area contributed by atoms with Crippen LogP contribution in [0.1, 0.15) is 57.2 Å². The zero-order valence-corrected chi connectivity index (χ0v) is 10.8. The molecule has 1 aliphatic carbocycles. The van der Waals surface area contributed by atoms with Crippen LogP contribution in [0.25, 0.3) is 0 Å². The molecule has 0 saturated heterocycles. The topological polar surface area (TPSA) is 56.7 Å². The normalized spacial score (nSPS) is 25.1. The Kier molecular flexibility index (Phi) is 4.54. The van der Waals surface area contributed by atoms with Gasteiger partial charge in [0.15, 0.2) is 0 Å². The van der Waals surface area contributed by atoms with Crippen molar-refractivity contribution in [2.24, 2.45) is 11.7 Å². The van der Waals surface area contributed by atoms with E-state index in [1.807, 2.05) is 0 Å². The number of aromatic nitrogens is 3. The Bertz CT molecular complexity index is 334. The molecule has 0 amide bonds. The summed E-state index contributed by atoms with van der Waals surface area (Å²) >= 11 is 0. The van der Waals surface area contributed by atoms with Crippen molar-refractivity contribution in [3.05, 3.63) is 11.9 Å². The molecule has 0 aromatic carbocycles. The van der Waals surface area contributed by atoms with E-state index < -0.39 is 0 Å². The molecule has 96 valence electrons. The highest BCUT2D eigenvalue weighted by Crippen LogP contribution is 2.33. The fourth-order valence-corrected chi connectivity index (χ4v) is 2.76. The molecule has 0 bridgehead atoms. The lowest BCUT2D eigenvalue weighted by Gasteiger charge is -2.28. The molecule has 1 aromatic rings. The molecule has 2 rings (SSSR count). The van der Waals surface area contributed by atoms with E-state index in [0.29, 0.717) is 6.04 Å². The first-order chi connectivity index (χ1) is 8.33. The highest BCUT2D eigenvalue weighted by atomic mass is 15.4. The van der Waals surface area contributed by atoms with Gasteiger partial charge in [-0.25, -0.2) is 4.68 Å². The molecule has 2 atom stereocenters. The summed E-state index contributed by atoms with van der Waals surface area (Å²) in [7, 11) is 0. The monoisotopic (exact) mass is 236 g/mol. The summed E-state index contributed by atoms with van der Waals surface area (Å²) < 4.78 is 2.09. The largest absolute Gasteiger partial charge is 0.330 e. The summed E-state index contributed by atoms with van der Waals surface area (Å²) in [4.78, 5) is 0. The molecule has 17 heavy (non-hydrogen) atoms. The number of nitrogens with two attached hydrogens (primary N) is 1. The van der Waals surface area contributed by atoms with Crippen molar-refractivity contribution >= 4 is 0 Å². The first-order valence-electron chi connectivity index (χ1n) is 6.94. The zero-order chi connectivity index (χ0) is 12.1. The van der Waals surface area contributed by atoms with Gasteiger partial charge >= 0.3 is 0 Å². The first-order valence-corrected chi connectivity index (χ1v) is 6.94. The summed E-state index contributed by atoms with van der Waals surface area (Å²) in [6, 6.07) is 0.577. The van der Waals surface area contributed by atoms with Crippen molar-refractivity contribution in [2.75, 3.05) is 6.54 Å². The molecule has 2 unspecified atom stereocenters. The minimum atomic E-state index is 0.577. The lowest BCUT2D eigenvalue weighted by atomic mass is 9.84. The summed E-state index contributed by atoms with van der Waals surface area (Å²) in [6.07, 6.45) is 10.6. The van der Waals surface area contributed by atoms with Crippen molar-refractivity contribution in [3.63, 3.8) is 0 Å². The summed E-state index contributed by atoms with van der Waals surface area (Å²) in [5.41, 5.74) is 6.60. The van der Waals surface area contributed by atoms with Crippen LogP contribution in [0.2, 0.25) is 0 Å². The van der Waals surface area contributed by atoms with Gasteiger partial charge in [0, 0.05) is 6.20 Å². The maximum atomic E-state index is 5.51. The van der Waals surface area contributed by atoms with Gasteiger partial charge in [0.25, 0.3) is 0 Å². The van der Waals surface area contributed by atoms with E-state index in [4.69, 9.17) is 5.73 Å². The van der Waals surface area contributed by atoms with Crippen molar-refractivity contribution in [1.82, 2.24) is 15.0 Å². The first kappa shape index (κ1) is 12.6. The predicted molar refractivity (Wildman–Crippen MR) is 68.7 cm³/mol. The Morgan fingerprint density at radius 1 is 1.47 bits per heavy atom. The van der Waals surface area contributed by atoms with Gasteiger partial charge in [-0.15, -0.1) is 5.10 Å². The molecule has 4 nitrogen and oxygen atoms in total. The lowest BCUT2D eigenvalue weighted by molar-refractivity contribution is 0.245. The van der Waals surface area contributed by atoms with Crippen LogP contribution in [0.5, 0.6) is 0 Å². The molecule has 1 aromatic heterocycles. The van der Waals surface area contributed by atoms with Crippen LogP contribution in [0.4, 0.5) is 0 Å². The Morgan fingerprint density at radius 2 is 2.35 bits per heavy atom. The fraction of sp³-hybridized carbons (Fsp3) is 0.846. The van der Waals surface area contributed by atoms with E-state index >= 15 is 0 Å². The molecular formula is C13H24N4. The number of hydrogen-bond acceptors (Lipinski definition) is 3. The Morgan fingerprint density at radius 3 is 3.12 bits per heavy atom. The maximum absolute atomic E-state index is 5.51. The smallest absolute Gasteiger partial charge is 0.0827 e. The van der Waals surface area contributed by atoms with Gasteiger partial charge in [-0.3, -0.25) is 0 Å². The second kappa shape index (κ2) is 6.15. The number of hydrogen-bond donors (Lipinski definition) is 1. The molecule has 1 aliphatic rings. The van der Waals surface area contributed by atoms with Gasteiger partial charge in [0.05, 0.1) is 11.7 Å². The average Bonchev–Trinajstić information content (AvgIpc) is 2.85. The van der Waals surface area contributed by atoms with Gasteiger partial charge in [-0.2, -0.15) is 0 Å². The zero-order valence-electron chi connectivity index (χ0n) is 10.8. The Labute approximate surface area is 104 Å². The van der Waals surface area contributed by atoms with Gasteiger partial charge in [-0.1, -0.05) is 31.4 Å². The number of rotatable bonds is 5. The molecule has 0 radical (unpaired) electrons. The minimum absolute atomic E-state index is 0.577. The van der Waals surface area contributed by atoms with E-state index in [0.717, 1.165) is 31.0 Å². The lowest BCUT2D eigenvalue weighted by Crippen LogP contribution is -2.19. The summed E-state index contributed by atoms with van der Waals surface area (Å²) in [5.74, 6) is 0.880. The van der Waals surface area contributed by atoms with Gasteiger partial charge in [0.2, 0.25) is 0 Å². The van der Waals surface area contributed by atoms with Crippen molar-refractivity contribution in [3.8, 4) is 0 Å². The third kappa shape index (κ3) is 3.28. The molecule has 1 saturated carbocycles. The molecule has 0 spiro atoms. The van der Waals surface area contributed by atoms with Crippen LogP contribution in [0.15, 0.2) is 6.20 Å². The predicted octanol–water partition coefficient (Wildman–Crippen LogP) is 2.31. The minimum Gasteiger partial charge on any atom is -0.330 e. The Hall–Kier alpha value is -0.900. The third-order valence-corrected chi connectivity index (χ3v) is 3.90. The molecular weight excluding hydrogens is 212 g/mol. The SMILES string of the molecule is CCC1CCCC(n2cc(CCCN)nn2)C1. The number of aryl methyl sites for hydroxylation is 1. The van der Waals surface area contributed by atoms with Crippen LogP contribution < -0.4 is 5.73 Å². The average molecular weight is 236 g/mol. The van der Waals surface area contributed by atoms with Crippen molar-refractivity contribution in [1.29, 1.82) is 0 Å². The van der Waals surface area contributed by atoms with Crippen LogP contribution in [0.3, 0.4) is 0 Å². The summed E-state index contributed by atoms with van der Waals surface area (Å²) in [5, 5.41) is 8.52. The molecule has 1 fully saturated rings. The molecule has 1 heterocycles. The van der Waals surface area contributed by atoms with Crippen LogP contribution in [0, 0.1) is 5.92 Å². The highest BCUT2D eigenvalue weighted by molar-refractivity contribution is 4.94. The third-order valence-electron chi connectivity index (χ3n) is 3.90. The number of nitrogens with zero attached hydrogens (tertiary/aromatic N) is 3. The van der Waals surface area contributed by atoms with E-state index in [1.54, 1.807) is 0 Å². The molecule has 0 aliphatic heterocycles. The quantitative estimate of drug-likeness (QED) is 0.853. The molecule has 4 heteroatoms. The van der Waals surface area contributed by atoms with Gasteiger partial charge in [0.1, 0.15) is 0 Å². The van der Waals surface area contributed by atoms with Crippen LogP contribution in [-0.2, 0) is 6.42 Å². The summed E-state index contributed by atoms with van der Waals surface area (Å²) in [6.45, 7) is 3.02. The fourth-order valence-electron chi connectivity index (χ4n) is 2.76. The highest BCUT2D eigenvalue weighted by Gasteiger charge is 2.22. The Balaban J connectivity index is 1.94. The van der Waals surface area contributed by atoms with Gasteiger partial charge in [-0.05, 0) is 38.1 Å². The molecule has 2 N–H and O–H groups in total. The standard InChI is InChI=1S/C13H24N4/c1-2-11-5-3-7-13(9-11)17-10-12(15-16-17)6-4-8-14/h10-11,13H,2-9,14H2,1H3. The van der Waals surface area contributed by atoms with Crippen molar-refractivity contribution in [2.45, 2.75) is 57.9 Å². The van der Waals surface area contributed by atoms with E-state index in [1.165, 1.54) is 32.1 Å². The van der Waals surface area contributed by atoms with E-state index in [9.17, 15) is 0 Å². The van der Waals surface area contributed by atoms with Crippen molar-refractivity contribution < 1.29 is 0 Å². The van der Waals surface area contributed by atoms with E-state index in [2.05, 4.69) is 28.1 Å². The van der Waals surface area contributed by atoms with Gasteiger partial charge < -0.3 is 5.73 Å². The van der Waals surface area contributed by atoms with Crippen LogP contribution >= 0.6 is 0 Å².